The molecular formula is C15H20Cl3NO3. The molecule has 124 valence electrons. The highest BCUT2D eigenvalue weighted by Gasteiger charge is 2.39. The third-order valence-corrected chi connectivity index (χ3v) is 5.04. The Morgan fingerprint density at radius 1 is 1.00 bits per heavy atom. The van der Waals surface area contributed by atoms with Crippen molar-refractivity contribution in [2.45, 2.75) is 56.6 Å². The molecule has 7 heteroatoms. The van der Waals surface area contributed by atoms with Crippen molar-refractivity contribution in [1.29, 1.82) is 0 Å². The van der Waals surface area contributed by atoms with Gasteiger partial charge in [0, 0.05) is 27.2 Å². The molecule has 0 aromatic heterocycles. The van der Waals surface area contributed by atoms with Gasteiger partial charge in [0.1, 0.15) is 6.10 Å². The van der Waals surface area contributed by atoms with Crippen molar-refractivity contribution in [3.63, 3.8) is 0 Å². The van der Waals surface area contributed by atoms with E-state index in [9.17, 15) is 15.3 Å². The van der Waals surface area contributed by atoms with Crippen molar-refractivity contribution < 1.29 is 15.3 Å². The van der Waals surface area contributed by atoms with Crippen LogP contribution in [0.15, 0.2) is 12.1 Å². The number of aliphatic hydroxyl groups excluding tert-OH is 3. The highest BCUT2D eigenvalue weighted by Crippen LogP contribution is 2.30. The average Bonchev–Trinajstić information content (AvgIpc) is 2.44. The largest absolute Gasteiger partial charge is 0.389 e. The van der Waals surface area contributed by atoms with Gasteiger partial charge in [-0.15, -0.1) is 0 Å². The van der Waals surface area contributed by atoms with Gasteiger partial charge in [-0.25, -0.2) is 0 Å². The summed E-state index contributed by atoms with van der Waals surface area (Å²) >= 11 is 18.2. The Hall–Kier alpha value is -0.0700. The van der Waals surface area contributed by atoms with Crippen molar-refractivity contribution >= 4 is 34.8 Å². The van der Waals surface area contributed by atoms with Crippen molar-refractivity contribution in [2.75, 3.05) is 0 Å². The molecule has 0 amide bonds. The van der Waals surface area contributed by atoms with Gasteiger partial charge in [0.2, 0.25) is 0 Å². The van der Waals surface area contributed by atoms with E-state index in [2.05, 4.69) is 5.32 Å². The average molecular weight is 369 g/mol. The fourth-order valence-electron chi connectivity index (χ4n) is 2.83. The van der Waals surface area contributed by atoms with Gasteiger partial charge < -0.3 is 20.6 Å². The molecular weight excluding hydrogens is 349 g/mol. The first-order valence-electron chi connectivity index (χ1n) is 7.25. The van der Waals surface area contributed by atoms with Crippen LogP contribution >= 0.6 is 34.8 Å². The third-order valence-electron chi connectivity index (χ3n) is 4.15. The number of hydrogen-bond donors (Lipinski definition) is 4. The summed E-state index contributed by atoms with van der Waals surface area (Å²) in [6.45, 7) is 1.78. The van der Waals surface area contributed by atoms with Crippen LogP contribution in [0.2, 0.25) is 15.1 Å². The summed E-state index contributed by atoms with van der Waals surface area (Å²) in [5, 5.41) is 34.2. The minimum atomic E-state index is -1.14. The smallest absolute Gasteiger partial charge is 0.109 e. The fraction of sp³-hybridized carbons (Fsp3) is 0.600. The molecule has 4 nitrogen and oxygen atoms in total. The van der Waals surface area contributed by atoms with E-state index < -0.39 is 18.3 Å². The molecule has 0 aliphatic carbocycles. The zero-order chi connectivity index (χ0) is 16.4. The topological polar surface area (TPSA) is 72.7 Å². The van der Waals surface area contributed by atoms with Gasteiger partial charge in [-0.05, 0) is 43.9 Å². The molecule has 4 N–H and O–H groups in total. The van der Waals surface area contributed by atoms with Crippen molar-refractivity contribution in [3.05, 3.63) is 32.8 Å². The first-order valence-corrected chi connectivity index (χ1v) is 8.38. The molecule has 5 unspecified atom stereocenters. The summed E-state index contributed by atoms with van der Waals surface area (Å²) < 4.78 is 0. The molecule has 1 aromatic carbocycles. The van der Waals surface area contributed by atoms with E-state index in [1.165, 1.54) is 0 Å². The number of nitrogens with one attached hydrogen (secondary N) is 1. The molecule has 1 aliphatic rings. The standard InChI is InChI=1S/C15H20Cl3NO3/c1-7-13(20)15(22)14(21)12(19-7)4-2-3-9-10(17)5-8(16)6-11(9)18/h5-7,12-15,19-22H,2-4H2,1H3. The predicted octanol–water partition coefficient (Wildman–Crippen LogP) is 2.41. The quantitative estimate of drug-likeness (QED) is 0.658. The Morgan fingerprint density at radius 3 is 2.18 bits per heavy atom. The summed E-state index contributed by atoms with van der Waals surface area (Å²) in [6, 6.07) is 2.75. The fourth-order valence-corrected chi connectivity index (χ4v) is 3.84. The lowest BCUT2D eigenvalue weighted by atomic mass is 9.88. The molecule has 1 fully saturated rings. The number of piperidine rings is 1. The van der Waals surface area contributed by atoms with E-state index in [-0.39, 0.29) is 12.1 Å². The van der Waals surface area contributed by atoms with E-state index >= 15 is 0 Å². The van der Waals surface area contributed by atoms with Crippen LogP contribution in [0.1, 0.15) is 25.3 Å². The molecule has 0 spiro atoms. The van der Waals surface area contributed by atoms with E-state index in [1.807, 2.05) is 0 Å². The van der Waals surface area contributed by atoms with Gasteiger partial charge in [0.15, 0.2) is 0 Å². The van der Waals surface area contributed by atoms with Crippen LogP contribution in [-0.2, 0) is 6.42 Å². The van der Waals surface area contributed by atoms with E-state index in [0.29, 0.717) is 27.9 Å². The van der Waals surface area contributed by atoms with E-state index in [1.54, 1.807) is 19.1 Å². The Morgan fingerprint density at radius 2 is 1.59 bits per heavy atom. The number of hydrogen-bond acceptors (Lipinski definition) is 4. The van der Waals surface area contributed by atoms with E-state index in [0.717, 1.165) is 12.0 Å². The highest BCUT2D eigenvalue weighted by molar-refractivity contribution is 6.39. The second kappa shape index (κ2) is 7.67. The van der Waals surface area contributed by atoms with Crippen LogP contribution in [0, 0.1) is 0 Å². The molecule has 0 bridgehead atoms. The molecule has 0 saturated carbocycles. The number of halogens is 3. The van der Waals surface area contributed by atoms with Gasteiger partial charge in [-0.2, -0.15) is 0 Å². The van der Waals surface area contributed by atoms with Crippen LogP contribution in [0.5, 0.6) is 0 Å². The van der Waals surface area contributed by atoms with Crippen molar-refractivity contribution in [1.82, 2.24) is 5.32 Å². The molecule has 2 rings (SSSR count). The normalized spacial score (nSPS) is 32.2. The SMILES string of the molecule is CC1NC(CCCc2c(Cl)cc(Cl)cc2Cl)C(O)C(O)C1O. The van der Waals surface area contributed by atoms with Gasteiger partial charge in [0.25, 0.3) is 0 Å². The first-order chi connectivity index (χ1) is 10.3. The van der Waals surface area contributed by atoms with Gasteiger partial charge >= 0.3 is 0 Å². The molecule has 5 atom stereocenters. The summed E-state index contributed by atoms with van der Waals surface area (Å²) in [5.74, 6) is 0. The minimum absolute atomic E-state index is 0.272. The second-order valence-corrected chi connectivity index (χ2v) is 7.02. The monoisotopic (exact) mass is 367 g/mol. The van der Waals surface area contributed by atoms with Crippen LogP contribution in [0.25, 0.3) is 0 Å². The maximum Gasteiger partial charge on any atom is 0.109 e. The molecule has 0 radical (unpaired) electrons. The van der Waals surface area contributed by atoms with Crippen molar-refractivity contribution in [3.8, 4) is 0 Å². The zero-order valence-electron chi connectivity index (χ0n) is 12.1. The summed E-state index contributed by atoms with van der Waals surface area (Å²) in [7, 11) is 0. The van der Waals surface area contributed by atoms with Gasteiger partial charge in [-0.3, -0.25) is 0 Å². The van der Waals surface area contributed by atoms with Gasteiger partial charge in [-0.1, -0.05) is 34.8 Å². The van der Waals surface area contributed by atoms with Crippen molar-refractivity contribution in [2.24, 2.45) is 0 Å². The molecule has 1 aliphatic heterocycles. The molecule has 22 heavy (non-hydrogen) atoms. The lowest BCUT2D eigenvalue weighted by molar-refractivity contribution is -0.111. The maximum absolute atomic E-state index is 10.0. The number of aliphatic hydroxyl groups is 3. The van der Waals surface area contributed by atoms with Crippen LogP contribution in [0.4, 0.5) is 0 Å². The van der Waals surface area contributed by atoms with Crippen LogP contribution < -0.4 is 5.32 Å². The Bertz CT molecular complexity index is 506. The summed E-state index contributed by atoms with van der Waals surface area (Å²) in [4.78, 5) is 0. The lowest BCUT2D eigenvalue weighted by Gasteiger charge is -2.40. The number of benzene rings is 1. The lowest BCUT2D eigenvalue weighted by Crippen LogP contribution is -2.63. The van der Waals surface area contributed by atoms with E-state index in [4.69, 9.17) is 34.8 Å². The second-order valence-electron chi connectivity index (χ2n) is 5.77. The van der Waals surface area contributed by atoms with Gasteiger partial charge in [0.05, 0.1) is 12.2 Å². The summed E-state index contributed by atoms with van der Waals surface area (Å²) in [5.41, 5.74) is 0.826. The molecule has 1 heterocycles. The van der Waals surface area contributed by atoms with Crippen LogP contribution in [-0.4, -0.2) is 45.7 Å². The third kappa shape index (κ3) is 4.06. The summed E-state index contributed by atoms with van der Waals surface area (Å²) in [6.07, 6.45) is -1.10. The molecule has 1 aromatic rings. The highest BCUT2D eigenvalue weighted by atomic mass is 35.5. The predicted molar refractivity (Wildman–Crippen MR) is 88.8 cm³/mol. The van der Waals surface area contributed by atoms with Crippen LogP contribution in [0.3, 0.4) is 0 Å². The maximum atomic E-state index is 10.0. The Balaban J connectivity index is 1.94. The first kappa shape index (κ1) is 18.3. The zero-order valence-corrected chi connectivity index (χ0v) is 14.4. The minimum Gasteiger partial charge on any atom is -0.389 e. The Labute approximate surface area is 145 Å². The number of rotatable bonds is 4. The molecule has 1 saturated heterocycles. The Kier molecular flexibility index (Phi) is 6.37.